The van der Waals surface area contributed by atoms with E-state index in [0.717, 1.165) is 24.3 Å². The molecule has 1 saturated carbocycles. The third kappa shape index (κ3) is 4.87. The maximum absolute atomic E-state index is 5.23. The maximum Gasteiger partial charge on any atom is 0.118 e. The summed E-state index contributed by atoms with van der Waals surface area (Å²) in [6.45, 7) is 4.77. The van der Waals surface area contributed by atoms with Crippen LogP contribution < -0.4 is 10.1 Å². The van der Waals surface area contributed by atoms with Gasteiger partial charge in [-0.05, 0) is 62.4 Å². The maximum atomic E-state index is 5.23. The minimum Gasteiger partial charge on any atom is -0.497 e. The first-order chi connectivity index (χ1) is 9.85. The van der Waals surface area contributed by atoms with E-state index in [9.17, 15) is 0 Å². The molecule has 2 aliphatic rings. The number of rotatable bonds is 6. The molecule has 2 fully saturated rings. The Morgan fingerprint density at radius 2 is 1.76 bits per heavy atom. The van der Waals surface area contributed by atoms with E-state index >= 15 is 0 Å². The third-order valence-electron chi connectivity index (χ3n) is 4.56. The predicted molar refractivity (Wildman–Crippen MR) is 89.3 cm³/mol. The quantitative estimate of drug-likeness (QED) is 0.874. The lowest BCUT2D eigenvalue weighted by Gasteiger charge is -2.30. The fourth-order valence-electron chi connectivity index (χ4n) is 3.14. The normalized spacial score (nSPS) is 19.3. The summed E-state index contributed by atoms with van der Waals surface area (Å²) < 4.78 is 5.23. The van der Waals surface area contributed by atoms with E-state index in [1.54, 1.807) is 7.11 Å². The van der Waals surface area contributed by atoms with E-state index < -0.39 is 0 Å². The Morgan fingerprint density at radius 3 is 2.33 bits per heavy atom. The first kappa shape index (κ1) is 16.6. The average Bonchev–Trinajstić information content (AvgIpc) is 3.33. The fourth-order valence-corrected chi connectivity index (χ4v) is 3.14. The predicted octanol–water partition coefficient (Wildman–Crippen LogP) is 3.08. The van der Waals surface area contributed by atoms with Crippen LogP contribution in [0, 0.1) is 5.92 Å². The molecule has 0 spiro atoms. The second-order valence-electron chi connectivity index (χ2n) is 6.20. The second kappa shape index (κ2) is 8.02. The standard InChI is InChI=1S/C17H26N2O.ClH/c1-20-17-6-2-14(3-7-17)12-19(16-4-5-16)13-15-8-10-18-11-9-15;/h2-3,6-7,15-16,18H,4-5,8-13H2,1H3;1H. The molecule has 1 aromatic carbocycles. The van der Waals surface area contributed by atoms with Crippen LogP contribution in [0.2, 0.25) is 0 Å². The van der Waals surface area contributed by atoms with E-state index in [1.807, 2.05) is 0 Å². The van der Waals surface area contributed by atoms with Crippen molar-refractivity contribution >= 4 is 12.4 Å². The molecule has 3 nitrogen and oxygen atoms in total. The number of ether oxygens (including phenoxy) is 1. The summed E-state index contributed by atoms with van der Waals surface area (Å²) in [6.07, 6.45) is 5.46. The van der Waals surface area contributed by atoms with Crippen molar-refractivity contribution in [2.75, 3.05) is 26.7 Å². The van der Waals surface area contributed by atoms with Crippen LogP contribution in [0.5, 0.6) is 5.75 Å². The second-order valence-corrected chi connectivity index (χ2v) is 6.20. The van der Waals surface area contributed by atoms with Gasteiger partial charge >= 0.3 is 0 Å². The highest BCUT2D eigenvalue weighted by atomic mass is 35.5. The average molecular weight is 311 g/mol. The monoisotopic (exact) mass is 310 g/mol. The van der Waals surface area contributed by atoms with Gasteiger partial charge in [0.25, 0.3) is 0 Å². The Hall–Kier alpha value is -0.770. The van der Waals surface area contributed by atoms with E-state index in [2.05, 4.69) is 34.5 Å². The smallest absolute Gasteiger partial charge is 0.118 e. The van der Waals surface area contributed by atoms with Crippen LogP contribution in [0.15, 0.2) is 24.3 Å². The van der Waals surface area contributed by atoms with Crippen molar-refractivity contribution in [2.24, 2.45) is 5.92 Å². The van der Waals surface area contributed by atoms with Crippen LogP contribution >= 0.6 is 12.4 Å². The van der Waals surface area contributed by atoms with Gasteiger partial charge in [-0.2, -0.15) is 0 Å². The van der Waals surface area contributed by atoms with Crippen LogP contribution in [0.3, 0.4) is 0 Å². The molecule has 118 valence electrons. The molecule has 1 heterocycles. The van der Waals surface area contributed by atoms with Crippen LogP contribution in [0.25, 0.3) is 0 Å². The van der Waals surface area contributed by atoms with Crippen molar-refractivity contribution in [3.63, 3.8) is 0 Å². The van der Waals surface area contributed by atoms with Gasteiger partial charge in [0.15, 0.2) is 0 Å². The van der Waals surface area contributed by atoms with Crippen molar-refractivity contribution in [1.82, 2.24) is 10.2 Å². The van der Waals surface area contributed by atoms with Crippen LogP contribution in [0.1, 0.15) is 31.2 Å². The highest BCUT2D eigenvalue weighted by Crippen LogP contribution is 2.30. The van der Waals surface area contributed by atoms with Gasteiger partial charge in [-0.1, -0.05) is 12.1 Å². The molecule has 0 unspecified atom stereocenters. The van der Waals surface area contributed by atoms with Gasteiger partial charge in [-0.3, -0.25) is 4.90 Å². The number of benzene rings is 1. The molecule has 1 N–H and O–H groups in total. The number of piperidine rings is 1. The number of hydrogen-bond donors (Lipinski definition) is 1. The van der Waals surface area contributed by atoms with Crippen molar-refractivity contribution < 1.29 is 4.74 Å². The van der Waals surface area contributed by atoms with E-state index in [1.165, 1.54) is 50.9 Å². The summed E-state index contributed by atoms with van der Waals surface area (Å²) in [4.78, 5) is 2.71. The number of nitrogens with one attached hydrogen (secondary N) is 1. The third-order valence-corrected chi connectivity index (χ3v) is 4.56. The minimum atomic E-state index is 0. The molecule has 0 radical (unpaired) electrons. The zero-order chi connectivity index (χ0) is 13.8. The molecule has 21 heavy (non-hydrogen) atoms. The molecule has 1 aliphatic heterocycles. The summed E-state index contributed by atoms with van der Waals surface area (Å²) in [6, 6.07) is 9.40. The topological polar surface area (TPSA) is 24.5 Å². The van der Waals surface area contributed by atoms with Crippen molar-refractivity contribution in [3.05, 3.63) is 29.8 Å². The van der Waals surface area contributed by atoms with Gasteiger partial charge in [-0.25, -0.2) is 0 Å². The lowest BCUT2D eigenvalue weighted by atomic mass is 9.97. The van der Waals surface area contributed by atoms with Crippen molar-refractivity contribution in [2.45, 2.75) is 38.3 Å². The highest BCUT2D eigenvalue weighted by Gasteiger charge is 2.30. The Bertz CT molecular complexity index is 413. The Morgan fingerprint density at radius 1 is 1.10 bits per heavy atom. The molecule has 0 aromatic heterocycles. The molecule has 1 saturated heterocycles. The Labute approximate surface area is 134 Å². The van der Waals surface area contributed by atoms with Crippen LogP contribution in [-0.4, -0.2) is 37.7 Å². The molecular weight excluding hydrogens is 284 g/mol. The van der Waals surface area contributed by atoms with Gasteiger partial charge in [0.05, 0.1) is 7.11 Å². The van der Waals surface area contributed by atoms with Gasteiger partial charge in [-0.15, -0.1) is 12.4 Å². The van der Waals surface area contributed by atoms with Crippen molar-refractivity contribution in [3.8, 4) is 5.75 Å². The fraction of sp³-hybridized carbons (Fsp3) is 0.647. The van der Waals surface area contributed by atoms with E-state index in [-0.39, 0.29) is 12.4 Å². The Balaban J connectivity index is 0.00000161. The Kier molecular flexibility index (Phi) is 6.34. The van der Waals surface area contributed by atoms with Gasteiger partial charge in [0, 0.05) is 19.1 Å². The summed E-state index contributed by atoms with van der Waals surface area (Å²) in [5.41, 5.74) is 1.41. The molecular formula is C17H27ClN2O. The molecule has 0 bridgehead atoms. The summed E-state index contributed by atoms with van der Waals surface area (Å²) >= 11 is 0. The molecule has 3 rings (SSSR count). The minimum absolute atomic E-state index is 0. The summed E-state index contributed by atoms with van der Waals surface area (Å²) in [5.74, 6) is 1.83. The molecule has 0 atom stereocenters. The van der Waals surface area contributed by atoms with E-state index in [0.29, 0.717) is 0 Å². The largest absolute Gasteiger partial charge is 0.497 e. The first-order valence-electron chi connectivity index (χ1n) is 7.93. The van der Waals surface area contributed by atoms with Crippen LogP contribution in [0.4, 0.5) is 0 Å². The summed E-state index contributed by atoms with van der Waals surface area (Å²) in [5, 5.41) is 3.46. The number of hydrogen-bond acceptors (Lipinski definition) is 3. The molecule has 4 heteroatoms. The van der Waals surface area contributed by atoms with Gasteiger partial charge in [0.1, 0.15) is 5.75 Å². The molecule has 1 aromatic rings. The lowest BCUT2D eigenvalue weighted by molar-refractivity contribution is 0.190. The van der Waals surface area contributed by atoms with Gasteiger partial charge in [0.2, 0.25) is 0 Å². The van der Waals surface area contributed by atoms with Gasteiger partial charge < -0.3 is 10.1 Å². The number of nitrogens with zero attached hydrogens (tertiary/aromatic N) is 1. The first-order valence-corrected chi connectivity index (χ1v) is 7.93. The number of methoxy groups -OCH3 is 1. The lowest BCUT2D eigenvalue weighted by Crippen LogP contribution is -2.37. The van der Waals surface area contributed by atoms with Crippen LogP contribution in [-0.2, 0) is 6.54 Å². The highest BCUT2D eigenvalue weighted by molar-refractivity contribution is 5.85. The van der Waals surface area contributed by atoms with E-state index in [4.69, 9.17) is 4.74 Å². The number of halogens is 1. The zero-order valence-electron chi connectivity index (χ0n) is 12.9. The summed E-state index contributed by atoms with van der Waals surface area (Å²) in [7, 11) is 1.72. The zero-order valence-corrected chi connectivity index (χ0v) is 13.7. The SMILES string of the molecule is COc1ccc(CN(CC2CCNCC2)C2CC2)cc1.Cl. The van der Waals surface area contributed by atoms with Crippen molar-refractivity contribution in [1.29, 1.82) is 0 Å². The molecule has 0 amide bonds. The molecule has 1 aliphatic carbocycles.